The fourth-order valence-electron chi connectivity index (χ4n) is 3.13. The van der Waals surface area contributed by atoms with Gasteiger partial charge in [0.2, 0.25) is 11.7 Å². The van der Waals surface area contributed by atoms with Gasteiger partial charge in [0.1, 0.15) is 29.8 Å². The molecule has 2 heterocycles. The second-order valence-corrected chi connectivity index (χ2v) is 6.75. The lowest BCUT2D eigenvalue weighted by Crippen LogP contribution is -2.34. The van der Waals surface area contributed by atoms with E-state index in [-0.39, 0.29) is 23.9 Å². The Hall–Kier alpha value is -3.88. The van der Waals surface area contributed by atoms with Crippen LogP contribution in [0, 0.1) is 11.7 Å². The van der Waals surface area contributed by atoms with Crippen molar-refractivity contribution in [2.24, 2.45) is 10.9 Å². The zero-order valence-electron chi connectivity index (χ0n) is 16.1. The van der Waals surface area contributed by atoms with Crippen LogP contribution >= 0.6 is 0 Å². The molecule has 3 aromatic rings. The number of rotatable bonds is 4. The number of hydrogen-bond acceptors (Lipinski definition) is 5. The molecule has 152 valence electrons. The number of carbonyl (C=O) groups is 2. The molecule has 1 unspecified atom stereocenters. The summed E-state index contributed by atoms with van der Waals surface area (Å²) in [6, 6.07) is 13.9. The molecule has 1 N–H and O–H groups in total. The van der Waals surface area contributed by atoms with Gasteiger partial charge < -0.3 is 9.64 Å². The molecule has 2 aromatic carbocycles. The Kier molecular flexibility index (Phi) is 5.34. The first kappa shape index (κ1) is 19.4. The Labute approximate surface area is 171 Å². The number of para-hydroxylation sites is 1. The van der Waals surface area contributed by atoms with Crippen LogP contribution in [0.4, 0.5) is 10.1 Å². The minimum absolute atomic E-state index is 0.0595. The number of ether oxygens (including phenoxy) is 1. The van der Waals surface area contributed by atoms with Gasteiger partial charge in [-0.3, -0.25) is 14.7 Å². The zero-order chi connectivity index (χ0) is 21.1. The molecule has 0 fully saturated rings. The molecule has 0 radical (unpaired) electrons. The van der Waals surface area contributed by atoms with Crippen molar-refractivity contribution >= 4 is 23.7 Å². The second kappa shape index (κ2) is 8.24. The summed E-state index contributed by atoms with van der Waals surface area (Å²) in [6.45, 7) is -0.0658. The Morgan fingerprint density at radius 3 is 2.90 bits per heavy atom. The number of carbonyl (C=O) groups excluding carboxylic acids is 2. The largest absolute Gasteiger partial charge is 0.490 e. The van der Waals surface area contributed by atoms with E-state index in [0.29, 0.717) is 12.2 Å². The van der Waals surface area contributed by atoms with E-state index >= 15 is 0 Å². The number of anilines is 1. The third-order valence-electron chi connectivity index (χ3n) is 4.66. The van der Waals surface area contributed by atoms with Crippen LogP contribution in [0.15, 0.2) is 53.5 Å². The van der Waals surface area contributed by atoms with E-state index in [4.69, 9.17) is 4.74 Å². The van der Waals surface area contributed by atoms with E-state index in [2.05, 4.69) is 20.2 Å². The normalized spacial score (nSPS) is 16.3. The van der Waals surface area contributed by atoms with Crippen molar-refractivity contribution in [1.82, 2.24) is 15.2 Å². The van der Waals surface area contributed by atoms with Crippen LogP contribution in [0.5, 0.6) is 5.75 Å². The van der Waals surface area contributed by atoms with Gasteiger partial charge in [0.15, 0.2) is 5.82 Å². The summed E-state index contributed by atoms with van der Waals surface area (Å²) < 4.78 is 19.7. The van der Waals surface area contributed by atoms with E-state index in [0.717, 1.165) is 5.56 Å². The summed E-state index contributed by atoms with van der Waals surface area (Å²) in [7, 11) is 1.45. The Morgan fingerprint density at radius 1 is 1.30 bits per heavy atom. The van der Waals surface area contributed by atoms with Crippen LogP contribution in [-0.2, 0) is 11.2 Å². The average molecular weight is 407 g/mol. The molecule has 1 atom stereocenters. The Balaban J connectivity index is 1.46. The third-order valence-corrected chi connectivity index (χ3v) is 4.66. The summed E-state index contributed by atoms with van der Waals surface area (Å²) in [6.07, 6.45) is 1.69. The molecule has 2 amide bonds. The first-order valence-electron chi connectivity index (χ1n) is 9.25. The summed E-state index contributed by atoms with van der Waals surface area (Å²) >= 11 is 0. The number of fused-ring (bicyclic) bond motifs is 1. The van der Waals surface area contributed by atoms with Gasteiger partial charge in [0.05, 0.1) is 0 Å². The monoisotopic (exact) mass is 407 g/mol. The minimum atomic E-state index is -0.853. The molecular formula is C21H18FN5O3. The lowest BCUT2D eigenvalue weighted by atomic mass is 10.1. The SMILES string of the molecule is CN1C(=O)C(C=NC(=O)c2n[nH]c(Cc3ccccc3)n2)COc2cccc(F)c21. The number of benzene rings is 2. The van der Waals surface area contributed by atoms with Gasteiger partial charge >= 0.3 is 5.91 Å². The van der Waals surface area contributed by atoms with Crippen LogP contribution < -0.4 is 9.64 Å². The van der Waals surface area contributed by atoms with Crippen molar-refractivity contribution in [2.45, 2.75) is 6.42 Å². The number of H-pyrrole nitrogens is 1. The fraction of sp³-hybridized carbons (Fsp3) is 0.190. The van der Waals surface area contributed by atoms with E-state index in [1.165, 1.54) is 30.3 Å². The molecule has 8 nitrogen and oxygen atoms in total. The topological polar surface area (TPSA) is 101 Å². The number of nitrogens with one attached hydrogen (secondary N) is 1. The van der Waals surface area contributed by atoms with Crippen LogP contribution in [0.25, 0.3) is 0 Å². The first-order valence-corrected chi connectivity index (χ1v) is 9.25. The van der Waals surface area contributed by atoms with Gasteiger partial charge in [-0.1, -0.05) is 36.4 Å². The number of halogens is 1. The molecule has 0 bridgehead atoms. The molecule has 1 aliphatic rings. The smallest absolute Gasteiger partial charge is 0.316 e. The van der Waals surface area contributed by atoms with E-state index in [1.54, 1.807) is 6.07 Å². The molecule has 1 aliphatic heterocycles. The predicted molar refractivity (Wildman–Crippen MR) is 107 cm³/mol. The Bertz CT molecular complexity index is 1110. The van der Waals surface area contributed by atoms with E-state index in [1.807, 2.05) is 30.3 Å². The average Bonchev–Trinajstić information content (AvgIpc) is 3.17. The predicted octanol–water partition coefficient (Wildman–Crippen LogP) is 2.42. The van der Waals surface area contributed by atoms with Crippen molar-refractivity contribution in [3.05, 3.63) is 71.6 Å². The molecule has 9 heteroatoms. The highest BCUT2D eigenvalue weighted by molar-refractivity contribution is 6.07. The minimum Gasteiger partial charge on any atom is -0.490 e. The van der Waals surface area contributed by atoms with E-state index in [9.17, 15) is 14.0 Å². The standard InChI is InChI=1S/C21H18FN5O3/c1-27-18-15(22)8-5-9-16(18)30-12-14(21(27)29)11-23-20(28)19-24-17(25-26-19)10-13-6-3-2-4-7-13/h2-9,11,14H,10,12H2,1H3,(H,24,25,26). The van der Waals surface area contributed by atoms with Gasteiger partial charge in [-0.25, -0.2) is 14.4 Å². The molecule has 30 heavy (non-hydrogen) atoms. The maximum absolute atomic E-state index is 14.1. The molecule has 0 saturated heterocycles. The highest BCUT2D eigenvalue weighted by Gasteiger charge is 2.30. The molecule has 4 rings (SSSR count). The number of aromatic amines is 1. The molecular weight excluding hydrogens is 389 g/mol. The zero-order valence-corrected chi connectivity index (χ0v) is 16.1. The maximum Gasteiger partial charge on any atom is 0.316 e. The number of aromatic nitrogens is 3. The maximum atomic E-state index is 14.1. The summed E-state index contributed by atoms with van der Waals surface area (Å²) in [5, 5.41) is 6.62. The lowest BCUT2D eigenvalue weighted by molar-refractivity contribution is -0.120. The van der Waals surface area contributed by atoms with Crippen molar-refractivity contribution in [3.63, 3.8) is 0 Å². The molecule has 0 aliphatic carbocycles. The number of nitrogens with zero attached hydrogens (tertiary/aromatic N) is 4. The molecule has 0 spiro atoms. The van der Waals surface area contributed by atoms with Crippen LogP contribution in [-0.4, -0.2) is 46.9 Å². The van der Waals surface area contributed by atoms with E-state index < -0.39 is 23.5 Å². The Morgan fingerprint density at radius 2 is 2.10 bits per heavy atom. The van der Waals surface area contributed by atoms with Crippen molar-refractivity contribution in [1.29, 1.82) is 0 Å². The number of hydrogen-bond donors (Lipinski definition) is 1. The van der Waals surface area contributed by atoms with Gasteiger partial charge in [-0.05, 0) is 17.7 Å². The van der Waals surface area contributed by atoms with Crippen molar-refractivity contribution in [2.75, 3.05) is 18.6 Å². The third kappa shape index (κ3) is 3.95. The van der Waals surface area contributed by atoms with Gasteiger partial charge in [-0.2, -0.15) is 0 Å². The summed E-state index contributed by atoms with van der Waals surface area (Å²) in [5.41, 5.74) is 1.08. The highest BCUT2D eigenvalue weighted by atomic mass is 19.1. The summed E-state index contributed by atoms with van der Waals surface area (Å²) in [4.78, 5) is 34.1. The van der Waals surface area contributed by atoms with Gasteiger partial charge in [0.25, 0.3) is 0 Å². The molecule has 0 saturated carbocycles. The van der Waals surface area contributed by atoms with Crippen molar-refractivity contribution in [3.8, 4) is 5.75 Å². The van der Waals surface area contributed by atoms with Crippen molar-refractivity contribution < 1.29 is 18.7 Å². The second-order valence-electron chi connectivity index (χ2n) is 6.75. The molecule has 1 aromatic heterocycles. The van der Waals surface area contributed by atoms with Gasteiger partial charge in [0, 0.05) is 19.7 Å². The van der Waals surface area contributed by atoms with Crippen LogP contribution in [0.3, 0.4) is 0 Å². The number of aliphatic imine (C=N–C) groups is 1. The quantitative estimate of drug-likeness (QED) is 0.670. The summed E-state index contributed by atoms with van der Waals surface area (Å²) in [5.74, 6) is -1.85. The first-order chi connectivity index (χ1) is 14.5. The van der Waals surface area contributed by atoms with Crippen LogP contribution in [0.1, 0.15) is 22.0 Å². The lowest BCUT2D eigenvalue weighted by Gasteiger charge is -2.18. The van der Waals surface area contributed by atoms with Gasteiger partial charge in [-0.15, -0.1) is 5.10 Å². The fourth-order valence-corrected chi connectivity index (χ4v) is 3.13. The number of amides is 2. The van der Waals surface area contributed by atoms with Crippen LogP contribution in [0.2, 0.25) is 0 Å². The highest BCUT2D eigenvalue weighted by Crippen LogP contribution is 2.33.